The van der Waals surface area contributed by atoms with Gasteiger partial charge in [0.15, 0.2) is 0 Å². The maximum Gasteiger partial charge on any atom is 0.0849 e. The van der Waals surface area contributed by atoms with Crippen LogP contribution < -0.4 is 14.7 Å². The van der Waals surface area contributed by atoms with E-state index in [1.807, 2.05) is 111 Å². The molecule has 3 aliphatic rings. The maximum absolute atomic E-state index is 5.19. The third kappa shape index (κ3) is 14.7. The molecule has 3 aliphatic heterocycles. The Hall–Kier alpha value is -13.8. The van der Waals surface area contributed by atoms with Crippen molar-refractivity contribution in [3.63, 3.8) is 0 Å². The van der Waals surface area contributed by atoms with Crippen molar-refractivity contribution < 1.29 is 63.2 Å². The monoisotopic (exact) mass is 2170 g/mol. The fourth-order valence-electron chi connectivity index (χ4n) is 17.6. The number of hydrogen-bond donors (Lipinski definition) is 0. The van der Waals surface area contributed by atoms with Gasteiger partial charge in [-0.05, 0) is 167 Å². The molecule has 0 spiro atoms. The van der Waals surface area contributed by atoms with Crippen molar-refractivity contribution in [3.05, 3.63) is 403 Å². The molecule has 21 aromatic rings. The fourth-order valence-corrected chi connectivity index (χ4v) is 17.6. The predicted octanol–water partition coefficient (Wildman–Crippen LogP) is 23.8. The minimum absolute atomic E-state index is 0. The van der Waals surface area contributed by atoms with Gasteiger partial charge in [0.1, 0.15) is 0 Å². The van der Waals surface area contributed by atoms with Crippen LogP contribution in [0.5, 0.6) is 0 Å². The summed E-state index contributed by atoms with van der Waals surface area (Å²) in [5, 5.41) is 7.02. The number of benzene rings is 15. The molecule has 15 nitrogen and oxygen atoms in total. The Labute approximate surface area is 773 Å². The Bertz CT molecular complexity index is 7640. The second kappa shape index (κ2) is 34.0. The first kappa shape index (κ1) is 81.8. The summed E-state index contributed by atoms with van der Waals surface area (Å²) in [6, 6.07) is 130. The SMILES string of the molecule is CN1C=CN(c2[c-]c(-n3c4[c-]c(-c5nc6c(-c7ccccc7)cccc6n5C)ccc4c4ccccc43)ccc2)[CH-]1.CN1C=CN(c2[c-]c(-n3c4[c-]c(-c5nc6cc(-c7ccccc7)ccc6n5C)ccc4c4ccccc43)ccc2)[CH-]1.CN1C=CN(c2[c-]c(-n3c4[c-]c(-c5nc6ccc(-c7ccccc7)cc6n5C)ccc4c4ccccc43)ccc2)[CH-]1.[Pt].[Pt].[Pt]. The van der Waals surface area contributed by atoms with E-state index in [0.717, 1.165) is 167 Å². The van der Waals surface area contributed by atoms with Gasteiger partial charge < -0.3 is 56.8 Å². The van der Waals surface area contributed by atoms with Crippen molar-refractivity contribution in [2.45, 2.75) is 0 Å². The quantitative estimate of drug-likeness (QED) is 0.111. The average molecular weight is 2170 g/mol. The average Bonchev–Trinajstić information content (AvgIpc) is 1.59. The molecule has 6 aromatic heterocycles. The van der Waals surface area contributed by atoms with E-state index in [4.69, 9.17) is 15.0 Å². The van der Waals surface area contributed by atoms with Crippen LogP contribution in [0.25, 0.3) is 183 Å². The van der Waals surface area contributed by atoms with Crippen LogP contribution in [0.4, 0.5) is 17.1 Å². The molecule has 0 N–H and O–H groups in total. The first-order valence-corrected chi connectivity index (χ1v) is 41.0. The summed E-state index contributed by atoms with van der Waals surface area (Å²) in [4.78, 5) is 27.7. The van der Waals surface area contributed by atoms with Crippen molar-refractivity contribution in [1.82, 2.24) is 57.1 Å². The van der Waals surface area contributed by atoms with Gasteiger partial charge in [-0.25, -0.2) is 0 Å². The van der Waals surface area contributed by atoms with Crippen molar-refractivity contribution in [1.29, 1.82) is 0 Å². The van der Waals surface area contributed by atoms with Crippen LogP contribution in [0.15, 0.2) is 347 Å². The molecule has 0 fully saturated rings. The summed E-state index contributed by atoms with van der Waals surface area (Å²) in [6.45, 7) is 6.13. The molecule has 0 radical (unpaired) electrons. The van der Waals surface area contributed by atoms with Gasteiger partial charge in [0.25, 0.3) is 0 Å². The Kier molecular flexibility index (Phi) is 22.1. The summed E-state index contributed by atoms with van der Waals surface area (Å²) in [7, 11) is 12.3. The topological polar surface area (TPSA) is 87.7 Å². The van der Waals surface area contributed by atoms with Crippen molar-refractivity contribution in [3.8, 4) is 84.6 Å². The number of imidazole rings is 3. The first-order chi connectivity index (χ1) is 60.4. The molecule has 0 bridgehead atoms. The second-order valence-corrected chi connectivity index (χ2v) is 31.3. The summed E-state index contributed by atoms with van der Waals surface area (Å²) >= 11 is 0. The normalized spacial score (nSPS) is 13.0. The van der Waals surface area contributed by atoms with Gasteiger partial charge in [-0.15, -0.1) is 143 Å². The van der Waals surface area contributed by atoms with Gasteiger partial charge in [-0.2, -0.15) is 38.2 Å². The van der Waals surface area contributed by atoms with E-state index in [0.29, 0.717) is 0 Å². The molecule has 0 atom stereocenters. The molecule has 18 heteroatoms. The maximum atomic E-state index is 5.19. The van der Waals surface area contributed by atoms with Gasteiger partial charge in [0, 0.05) is 106 Å². The zero-order valence-corrected chi connectivity index (χ0v) is 76.1. The van der Waals surface area contributed by atoms with Gasteiger partial charge in [-0.1, -0.05) is 203 Å². The van der Waals surface area contributed by atoms with E-state index in [1.165, 1.54) is 32.8 Å². The van der Waals surface area contributed by atoms with Gasteiger partial charge in [0.2, 0.25) is 0 Å². The predicted molar refractivity (Wildman–Crippen MR) is 502 cm³/mol. The molecular formula is C108H78N15Pt3-9. The summed E-state index contributed by atoms with van der Waals surface area (Å²) in [5.41, 5.74) is 28.3. The standard InChI is InChI=1S/3C36H26N5.3Pt/c1-38-20-21-40(24-38)27-12-8-13-28(23-27)41-32-16-7-6-14-30(32)31-19-18-26(22-34(31)41)36-37-35-29(25-10-4-3-5-11-25)15-9-17-33(35)39(36)2;1-38-19-20-40(24-38)28-11-8-12-29(23-28)41-33-14-7-6-13-30(33)31-17-15-27(22-35(31)41)36-37-32-21-26(16-18-34(32)39(36)2)25-9-4-3-5-10-25;1-38-19-20-40(24-38)28-11-8-12-29(23-28)41-33-14-7-6-13-30(33)31-17-15-27(22-34(31)41)36-37-32-18-16-26(21-35(32)39(36)2)25-9-4-3-5-10-25;;;/h3*3-21,24H,1-2H3;;;/q3*-3;;;. The van der Waals surface area contributed by atoms with Crippen LogP contribution in [0.2, 0.25) is 0 Å². The molecule has 0 amide bonds. The molecule has 0 saturated carbocycles. The fraction of sp³-hybridized carbons (Fsp3) is 0.0556. The minimum atomic E-state index is 0. The zero-order chi connectivity index (χ0) is 82.5. The number of aromatic nitrogens is 9. The number of fused-ring (bicyclic) bond motifs is 12. The van der Waals surface area contributed by atoms with Crippen LogP contribution in [0, 0.1) is 56.4 Å². The first-order valence-electron chi connectivity index (χ1n) is 41.0. The number of aryl methyl sites for hydroxylation is 3. The van der Waals surface area contributed by atoms with E-state index in [1.54, 1.807) is 0 Å². The summed E-state index contributed by atoms with van der Waals surface area (Å²) < 4.78 is 13.3. The smallest absolute Gasteiger partial charge is 0.0849 e. The van der Waals surface area contributed by atoms with E-state index in [-0.39, 0.29) is 63.2 Å². The third-order valence-electron chi connectivity index (χ3n) is 23.6. The van der Waals surface area contributed by atoms with Crippen molar-refractivity contribution in [2.75, 3.05) is 35.8 Å². The van der Waals surface area contributed by atoms with Crippen LogP contribution >= 0.6 is 0 Å². The Balaban J connectivity index is 0.000000122. The van der Waals surface area contributed by atoms with Crippen LogP contribution in [0.1, 0.15) is 0 Å². The summed E-state index contributed by atoms with van der Waals surface area (Å²) in [6.07, 6.45) is 12.2. The van der Waals surface area contributed by atoms with Gasteiger partial charge in [0.05, 0.1) is 50.6 Å². The van der Waals surface area contributed by atoms with E-state index in [2.05, 4.69) is 391 Å². The van der Waals surface area contributed by atoms with E-state index < -0.39 is 0 Å². The molecular weight excluding hydrogens is 2090 g/mol. The Morgan fingerprint density at radius 2 is 0.587 bits per heavy atom. The number of hydrogen-bond acceptors (Lipinski definition) is 9. The molecule has 9 heterocycles. The molecule has 624 valence electrons. The largest absolute Gasteiger partial charge is 0.510 e. The van der Waals surface area contributed by atoms with Crippen LogP contribution in [-0.2, 0) is 84.3 Å². The number of nitrogens with zero attached hydrogens (tertiary/aromatic N) is 15. The van der Waals surface area contributed by atoms with E-state index in [9.17, 15) is 0 Å². The minimum Gasteiger partial charge on any atom is -0.510 e. The van der Waals surface area contributed by atoms with Gasteiger partial charge in [-0.3, -0.25) is 15.0 Å². The molecule has 126 heavy (non-hydrogen) atoms. The molecule has 0 saturated heterocycles. The zero-order valence-electron chi connectivity index (χ0n) is 69.3. The molecule has 24 rings (SSSR count). The third-order valence-corrected chi connectivity index (χ3v) is 23.6. The molecule has 15 aromatic carbocycles. The summed E-state index contributed by atoms with van der Waals surface area (Å²) in [5.74, 6) is 2.67. The Morgan fingerprint density at radius 1 is 0.238 bits per heavy atom. The van der Waals surface area contributed by atoms with E-state index >= 15 is 0 Å². The van der Waals surface area contributed by atoms with Crippen molar-refractivity contribution in [2.24, 2.45) is 21.1 Å². The Morgan fingerprint density at radius 3 is 1.02 bits per heavy atom. The van der Waals surface area contributed by atoms with Crippen molar-refractivity contribution >= 4 is 116 Å². The number of rotatable bonds is 12. The number of para-hydroxylation sites is 4. The van der Waals surface area contributed by atoms with Crippen LogP contribution in [-0.4, -0.2) is 78.2 Å². The molecule has 0 aliphatic carbocycles. The number of anilines is 3. The molecule has 0 unspecified atom stereocenters. The van der Waals surface area contributed by atoms with Crippen LogP contribution in [0.3, 0.4) is 0 Å². The second-order valence-electron chi connectivity index (χ2n) is 31.3. The van der Waals surface area contributed by atoms with Gasteiger partial charge >= 0.3 is 0 Å².